The number of carbonyl (C=O) groups is 15. The Morgan fingerprint density at radius 1 is 0.492 bits per heavy atom. The molecule has 1 aromatic heterocycles. The van der Waals surface area contributed by atoms with Crippen molar-refractivity contribution in [1.82, 2.24) is 78.6 Å². The number of likely N-dealkylation sites (tertiary alicyclic amines) is 2. The number of phenols is 1. The lowest BCUT2D eigenvalue weighted by atomic mass is 10.0. The molecule has 0 bridgehead atoms. The van der Waals surface area contributed by atoms with Crippen LogP contribution in [0.2, 0.25) is 0 Å². The molecule has 0 radical (unpaired) electrons. The zero-order valence-electron chi connectivity index (χ0n) is 68.9. The van der Waals surface area contributed by atoms with Gasteiger partial charge in [-0.25, -0.2) is 4.79 Å². The lowest BCUT2D eigenvalue weighted by Gasteiger charge is -2.33. The zero-order chi connectivity index (χ0) is 87.2. The van der Waals surface area contributed by atoms with Crippen molar-refractivity contribution < 1.29 is 87.2 Å². The summed E-state index contributed by atoms with van der Waals surface area (Å²) in [6.45, 7) is 15.6. The smallest absolute Gasteiger partial charge is 0.326 e. The number of hydrogen-bond acceptors (Lipinski definition) is 20. The SMILES string of the molecule is CC(C)C[C@H](NC(=O)[C@@H]1CCCN1C(=O)[C@H](CCCCN)NC(=O)[C@@H]1CCCN1C(=O)[C@H](CC(C)C)NC(=O)[C@H](CS)NC(=O)[C@H](Cc1c[nH]c2ccccc12)NC(=O)[C@H](C)NC(=O)[C@@H](NC(=O)[C@H](CO)NC(=O)[C@H](CC(C)C)NC(=O)CNC(=O)[C@H](Cc1ccccc1)NC(=O)[C@H](Cc1ccc(O)cc1)NC(=O)[C@H](C)N)C(C)C)C(=O)O. The molecule has 36 heteroatoms. The van der Waals surface area contributed by atoms with Crippen LogP contribution < -0.4 is 75.3 Å². The van der Waals surface area contributed by atoms with E-state index in [0.717, 1.165) is 0 Å². The second-order valence-electron chi connectivity index (χ2n) is 32.0. The predicted molar refractivity (Wildman–Crippen MR) is 442 cm³/mol. The molecular weight excluding hydrogens is 1540 g/mol. The van der Waals surface area contributed by atoms with Crippen molar-refractivity contribution in [2.24, 2.45) is 35.1 Å². The van der Waals surface area contributed by atoms with Crippen LogP contribution in [0.25, 0.3) is 10.9 Å². The molecule has 2 aliphatic heterocycles. The lowest BCUT2D eigenvalue weighted by molar-refractivity contribution is -0.146. The van der Waals surface area contributed by atoms with E-state index in [0.29, 0.717) is 59.8 Å². The van der Waals surface area contributed by atoms with Gasteiger partial charge in [0.15, 0.2) is 0 Å². The number of carbonyl (C=O) groups excluding carboxylic acids is 14. The number of hydrogen-bond donors (Lipinski definition) is 19. The number of rotatable bonds is 46. The Bertz CT molecular complexity index is 4110. The molecule has 14 atom stereocenters. The van der Waals surface area contributed by atoms with Crippen molar-refractivity contribution in [2.75, 3.05) is 38.5 Å². The minimum Gasteiger partial charge on any atom is -0.508 e. The molecule has 3 heterocycles. The van der Waals surface area contributed by atoms with E-state index in [-0.39, 0.29) is 100 Å². The number of thiol groups is 1. The second-order valence-corrected chi connectivity index (χ2v) is 32.3. The van der Waals surface area contributed by atoms with Crippen LogP contribution in [-0.4, -0.2) is 242 Å². The quantitative estimate of drug-likeness (QED) is 0.0198. The van der Waals surface area contributed by atoms with Crippen LogP contribution in [0.15, 0.2) is 85.1 Å². The highest BCUT2D eigenvalue weighted by molar-refractivity contribution is 7.80. The minimum atomic E-state index is -1.72. The summed E-state index contributed by atoms with van der Waals surface area (Å²) >= 11 is 4.43. The van der Waals surface area contributed by atoms with E-state index < -0.39 is 192 Å². The van der Waals surface area contributed by atoms with Crippen LogP contribution in [0.4, 0.5) is 0 Å². The number of aliphatic hydroxyl groups excluding tert-OH is 1. The summed E-state index contributed by atoms with van der Waals surface area (Å²) in [5.41, 5.74) is 14.1. The van der Waals surface area contributed by atoms with E-state index in [4.69, 9.17) is 11.5 Å². The number of carboxylic acids is 1. The Morgan fingerprint density at radius 2 is 0.966 bits per heavy atom. The first-order valence-corrected chi connectivity index (χ1v) is 41.1. The maximum atomic E-state index is 14.8. The fourth-order valence-electron chi connectivity index (χ4n) is 14.0. The summed E-state index contributed by atoms with van der Waals surface area (Å²) < 4.78 is 0. The molecule has 0 spiro atoms. The number of benzene rings is 3. The lowest BCUT2D eigenvalue weighted by Crippen LogP contribution is -2.61. The van der Waals surface area contributed by atoms with Crippen LogP contribution >= 0.6 is 12.6 Å². The fraction of sp³-hybridized carbons (Fsp3) is 0.573. The number of phenolic OH excluding ortho intramolecular Hbond substituents is 1. The third-order valence-electron chi connectivity index (χ3n) is 20.4. The van der Waals surface area contributed by atoms with Gasteiger partial charge in [0.2, 0.25) is 82.7 Å². The number of fused-ring (bicyclic) bond motifs is 1. The number of aromatic nitrogens is 1. The van der Waals surface area contributed by atoms with E-state index in [1.54, 1.807) is 101 Å². The molecule has 0 saturated carbocycles. The first-order valence-electron chi connectivity index (χ1n) is 40.4. The molecular formula is C82H121N17O18S. The van der Waals surface area contributed by atoms with Crippen LogP contribution in [0.5, 0.6) is 5.75 Å². The van der Waals surface area contributed by atoms with E-state index in [1.807, 2.05) is 27.7 Å². The number of para-hydroxylation sites is 1. The summed E-state index contributed by atoms with van der Waals surface area (Å²) in [5, 5.41) is 62.5. The van der Waals surface area contributed by atoms with Crippen molar-refractivity contribution in [3.63, 3.8) is 0 Å². The van der Waals surface area contributed by atoms with Gasteiger partial charge in [0.25, 0.3) is 0 Å². The zero-order valence-corrected chi connectivity index (χ0v) is 69.8. The van der Waals surface area contributed by atoms with Gasteiger partial charge in [0.05, 0.1) is 19.2 Å². The first kappa shape index (κ1) is 96.1. The number of H-pyrrole nitrogens is 1. The van der Waals surface area contributed by atoms with Crippen molar-refractivity contribution in [3.8, 4) is 5.75 Å². The summed E-state index contributed by atoms with van der Waals surface area (Å²) in [4.78, 5) is 216. The number of nitrogens with zero attached hydrogens (tertiary/aromatic N) is 2. The summed E-state index contributed by atoms with van der Waals surface area (Å²) in [6, 6.07) is 3.66. The van der Waals surface area contributed by atoms with E-state index in [9.17, 15) is 87.2 Å². The molecule has 35 nitrogen and oxygen atoms in total. The summed E-state index contributed by atoms with van der Waals surface area (Å²) in [6.07, 6.45) is 3.97. The molecule has 20 N–H and O–H groups in total. The third kappa shape index (κ3) is 29.4. The Balaban J connectivity index is 1.10. The molecule has 2 saturated heterocycles. The average Bonchev–Trinajstić information content (AvgIpc) is 1.64. The first-order chi connectivity index (χ1) is 55.9. The molecule has 0 aliphatic carbocycles. The average molecular weight is 1670 g/mol. The van der Waals surface area contributed by atoms with E-state index in [1.165, 1.54) is 35.8 Å². The molecule has 118 heavy (non-hydrogen) atoms. The molecule has 648 valence electrons. The molecule has 3 aromatic carbocycles. The molecule has 2 fully saturated rings. The van der Waals surface area contributed by atoms with Crippen molar-refractivity contribution >= 4 is 112 Å². The van der Waals surface area contributed by atoms with Gasteiger partial charge < -0.3 is 105 Å². The van der Waals surface area contributed by atoms with Gasteiger partial charge in [-0.1, -0.05) is 116 Å². The van der Waals surface area contributed by atoms with Crippen molar-refractivity contribution in [3.05, 3.63) is 102 Å². The van der Waals surface area contributed by atoms with E-state index >= 15 is 0 Å². The number of nitrogens with two attached hydrogens (primary N) is 2. The Labute approximate surface area is 693 Å². The van der Waals surface area contributed by atoms with Gasteiger partial charge in [-0.05, 0) is 143 Å². The minimum absolute atomic E-state index is 0.00900. The highest BCUT2D eigenvalue weighted by atomic mass is 32.1. The largest absolute Gasteiger partial charge is 0.508 e. The summed E-state index contributed by atoms with van der Waals surface area (Å²) in [7, 11) is 0. The molecule has 4 aromatic rings. The molecule has 14 amide bonds. The van der Waals surface area contributed by atoms with Crippen LogP contribution in [0.3, 0.4) is 0 Å². The van der Waals surface area contributed by atoms with Crippen LogP contribution in [0.1, 0.15) is 150 Å². The van der Waals surface area contributed by atoms with Gasteiger partial charge in [0, 0.05) is 55.2 Å². The Morgan fingerprint density at radius 3 is 1.53 bits per heavy atom. The number of aliphatic carboxylic acids is 1. The number of aliphatic hydroxyl groups is 1. The monoisotopic (exact) mass is 1660 g/mol. The number of amides is 14. The van der Waals surface area contributed by atoms with Gasteiger partial charge in [-0.3, -0.25) is 67.1 Å². The Hall–Kier alpha value is -10.7. The molecule has 2 aliphatic rings. The second kappa shape index (κ2) is 47.0. The highest BCUT2D eigenvalue weighted by Gasteiger charge is 2.44. The Kier molecular flexibility index (Phi) is 38.3. The topological polar surface area (TPSA) is 535 Å². The summed E-state index contributed by atoms with van der Waals surface area (Å²) in [5.74, 6) is -13.8. The number of nitrogens with one attached hydrogen (secondary N) is 13. The molecule has 0 unspecified atom stereocenters. The van der Waals surface area contributed by atoms with Crippen molar-refractivity contribution in [2.45, 2.75) is 237 Å². The fourth-order valence-corrected chi connectivity index (χ4v) is 14.3. The van der Waals surface area contributed by atoms with Crippen molar-refractivity contribution in [1.29, 1.82) is 0 Å². The van der Waals surface area contributed by atoms with E-state index in [2.05, 4.69) is 81.4 Å². The predicted octanol–water partition coefficient (Wildman–Crippen LogP) is -0.371. The van der Waals surface area contributed by atoms with Gasteiger partial charge in [-0.2, -0.15) is 12.6 Å². The molecule has 6 rings (SSSR count). The van der Waals surface area contributed by atoms with Crippen LogP contribution in [-0.2, 0) is 91.2 Å². The highest BCUT2D eigenvalue weighted by Crippen LogP contribution is 2.26. The van der Waals surface area contributed by atoms with Crippen LogP contribution in [0, 0.1) is 23.7 Å². The third-order valence-corrected chi connectivity index (χ3v) is 20.7. The maximum absolute atomic E-state index is 14.8. The number of aromatic amines is 1. The van der Waals surface area contributed by atoms with Gasteiger partial charge >= 0.3 is 5.97 Å². The number of carboxylic acid groups (broad SMARTS) is 1. The van der Waals surface area contributed by atoms with Gasteiger partial charge in [0.1, 0.15) is 84.3 Å². The van der Waals surface area contributed by atoms with Gasteiger partial charge in [-0.15, -0.1) is 0 Å². The standard InChI is InChI=1S/C82H121N17O18S/c1-44(2)34-57(88-67(102)41-86-71(105)58(37-50-20-12-11-13-21-50)92-73(107)59(90-69(103)48(9)84)38-51-27-29-53(101)30-28-51)72(106)95-63(42-100)75(109)97-68(47(7)8)79(113)87-49(10)70(104)91-60(39-52-40-85-55-23-15-14-22-54(52)55)74(108)96-64(43-118)76(110)93-61(35-45(3)4)81(115)99-33-19-25-65(99)77(111)89-56(24-16-17-31-83)80(114)98-32-18-26-66(98)78(112)94-62(82(116)117)36-46(5)6/h11-15,20-23,27-30,40,44-49,56-66,68,85,100-101,118H,16-19,24-26,31-39,41-43,83-84H2,1-10H3,(H,86,105)(H,87,113)(H,88,102)(H,89,111)(H,90,103)(H,91,104)(H,92,107)(H,93,110)(H,94,112)(H,95,106)(H,96,108)(H,97,109)(H,116,117)/t48-,49-,56-,57-,58-,59-,60-,61-,62-,63-,64-,65-,66-,68-/m0/s1. The normalized spacial score (nSPS) is 17.1. The maximum Gasteiger partial charge on any atom is 0.326 e. The number of aromatic hydroxyl groups is 1. The number of unbranched alkanes of at least 4 members (excludes halogenated alkanes) is 1.